The zero-order valence-electron chi connectivity index (χ0n) is 22.1. The van der Waals surface area contributed by atoms with Crippen molar-refractivity contribution in [2.24, 2.45) is 0 Å². The Hall–Kier alpha value is -4.29. The monoisotopic (exact) mass is 520 g/mol. The largest absolute Gasteiger partial charge is 0.334 e. The Morgan fingerprint density at radius 3 is 2.31 bits per heavy atom. The molecule has 4 aromatic rings. The number of pyridine rings is 1. The molecule has 198 valence electrons. The molecule has 0 bridgehead atoms. The second-order valence-electron chi connectivity index (χ2n) is 10.0. The van der Waals surface area contributed by atoms with Crippen LogP contribution in [0.5, 0.6) is 0 Å². The van der Waals surface area contributed by atoms with Gasteiger partial charge in [0.05, 0.1) is 5.69 Å². The lowest BCUT2D eigenvalue weighted by molar-refractivity contribution is 0.247. The lowest BCUT2D eigenvalue weighted by Crippen LogP contribution is -2.40. The summed E-state index contributed by atoms with van der Waals surface area (Å²) >= 11 is 0. The summed E-state index contributed by atoms with van der Waals surface area (Å²) in [5.41, 5.74) is 5.67. The number of urea groups is 1. The molecule has 5 rings (SSSR count). The van der Waals surface area contributed by atoms with Gasteiger partial charge in [0.1, 0.15) is 5.82 Å². The highest BCUT2D eigenvalue weighted by Crippen LogP contribution is 2.27. The molecule has 3 aromatic carbocycles. The van der Waals surface area contributed by atoms with Crippen molar-refractivity contribution >= 4 is 23.9 Å². The molecule has 2 N–H and O–H groups in total. The van der Waals surface area contributed by atoms with E-state index in [0.29, 0.717) is 5.69 Å². The van der Waals surface area contributed by atoms with E-state index in [1.54, 1.807) is 12.1 Å². The lowest BCUT2D eigenvalue weighted by atomic mass is 9.91. The number of benzene rings is 3. The maximum atomic E-state index is 13.2. The minimum atomic E-state index is -0.268. The van der Waals surface area contributed by atoms with E-state index in [2.05, 4.69) is 81.2 Å². The number of halogens is 1. The average molecular weight is 521 g/mol. The molecule has 5 nitrogen and oxygen atoms in total. The second-order valence-corrected chi connectivity index (χ2v) is 10.0. The maximum Gasteiger partial charge on any atom is 0.319 e. The quantitative estimate of drug-likeness (QED) is 0.271. The fourth-order valence-corrected chi connectivity index (χ4v) is 5.11. The molecule has 1 atom stereocenters. The first-order valence-corrected chi connectivity index (χ1v) is 13.3. The summed E-state index contributed by atoms with van der Waals surface area (Å²) in [6.07, 6.45) is 4.63. The first kappa shape index (κ1) is 26.3. The first-order chi connectivity index (χ1) is 19.0. The predicted octanol–water partition coefficient (Wildman–Crippen LogP) is 6.73. The van der Waals surface area contributed by atoms with Gasteiger partial charge in [0.25, 0.3) is 0 Å². The number of nitrogens with one attached hydrogen (secondary N) is 2. The summed E-state index contributed by atoms with van der Waals surface area (Å²) in [7, 11) is 0. The van der Waals surface area contributed by atoms with Crippen molar-refractivity contribution in [3.63, 3.8) is 0 Å². The molecule has 1 aliphatic rings. The molecule has 0 aliphatic carbocycles. The van der Waals surface area contributed by atoms with Gasteiger partial charge in [-0.2, -0.15) is 0 Å². The molecule has 39 heavy (non-hydrogen) atoms. The summed E-state index contributed by atoms with van der Waals surface area (Å²) in [6.45, 7) is 4.54. The number of rotatable bonds is 8. The molecule has 0 spiro atoms. The molecule has 2 amide bonds. The topological polar surface area (TPSA) is 57.3 Å². The smallest absolute Gasteiger partial charge is 0.319 e. The highest BCUT2D eigenvalue weighted by molar-refractivity contribution is 5.90. The molecule has 2 heterocycles. The van der Waals surface area contributed by atoms with E-state index in [1.807, 2.05) is 31.2 Å². The molecule has 1 aliphatic heterocycles. The number of aryl methyl sites for hydroxylation is 1. The average Bonchev–Trinajstić information content (AvgIpc) is 3.38. The van der Waals surface area contributed by atoms with Crippen molar-refractivity contribution in [1.82, 2.24) is 15.2 Å². The Morgan fingerprint density at radius 1 is 0.974 bits per heavy atom. The fraction of sp³-hybridized carbons (Fsp3) is 0.212. The van der Waals surface area contributed by atoms with Crippen molar-refractivity contribution in [2.45, 2.75) is 25.3 Å². The third kappa shape index (κ3) is 7.39. The van der Waals surface area contributed by atoms with E-state index in [4.69, 9.17) is 0 Å². The Labute approximate surface area is 229 Å². The third-order valence-corrected chi connectivity index (χ3v) is 7.00. The van der Waals surface area contributed by atoms with Crippen LogP contribution in [0.15, 0.2) is 97.1 Å². The number of nitrogens with zero attached hydrogens (tertiary/aromatic N) is 2. The van der Waals surface area contributed by atoms with Crippen LogP contribution in [-0.2, 0) is 0 Å². The SMILES string of the molecule is Cc1cc(NC(=O)N[C@H]2CCN(CC(c3ccccc3)c3ccccc3)C2)cc(/C=C/c2ccc(F)cc2)n1. The van der Waals surface area contributed by atoms with Crippen LogP contribution in [0.3, 0.4) is 0 Å². The van der Waals surface area contributed by atoms with Gasteiger partial charge in [-0.3, -0.25) is 4.98 Å². The molecule has 0 radical (unpaired) electrons. The first-order valence-electron chi connectivity index (χ1n) is 13.3. The number of hydrogen-bond acceptors (Lipinski definition) is 3. The Kier molecular flexibility index (Phi) is 8.44. The summed E-state index contributed by atoms with van der Waals surface area (Å²) in [6, 6.07) is 31.0. The standard InChI is InChI=1S/C33H33FN4O/c1-24-20-31(21-29(35-24)17-14-25-12-15-28(34)16-13-25)37-33(39)36-30-18-19-38(22-30)23-32(26-8-4-2-5-9-26)27-10-6-3-7-11-27/h2-17,20-21,30,32H,18-19,22-23H2,1H3,(H2,35,36,37,39)/b17-14+/t30-/m0/s1. The van der Waals surface area contributed by atoms with Crippen LogP contribution in [0.1, 0.15) is 40.4 Å². The molecule has 0 saturated carbocycles. The summed E-state index contributed by atoms with van der Waals surface area (Å²) in [4.78, 5) is 19.8. The molecular formula is C33H33FN4O. The van der Waals surface area contributed by atoms with Crippen LogP contribution in [-0.4, -0.2) is 41.6 Å². The number of aromatic nitrogens is 1. The summed E-state index contributed by atoms with van der Waals surface area (Å²) < 4.78 is 13.2. The van der Waals surface area contributed by atoms with Crippen molar-refractivity contribution < 1.29 is 9.18 Å². The van der Waals surface area contributed by atoms with Gasteiger partial charge in [0, 0.05) is 43.0 Å². The van der Waals surface area contributed by atoms with Gasteiger partial charge in [-0.1, -0.05) is 78.9 Å². The molecular weight excluding hydrogens is 487 g/mol. The van der Waals surface area contributed by atoms with Crippen LogP contribution in [0.25, 0.3) is 12.2 Å². The van der Waals surface area contributed by atoms with E-state index in [9.17, 15) is 9.18 Å². The van der Waals surface area contributed by atoms with E-state index in [-0.39, 0.29) is 23.8 Å². The third-order valence-electron chi connectivity index (χ3n) is 7.00. The van der Waals surface area contributed by atoms with Crippen LogP contribution in [0, 0.1) is 12.7 Å². The van der Waals surface area contributed by atoms with Crippen LogP contribution in [0.2, 0.25) is 0 Å². The summed E-state index contributed by atoms with van der Waals surface area (Å²) in [5.74, 6) is 0.0112. The number of hydrogen-bond donors (Lipinski definition) is 2. The summed E-state index contributed by atoms with van der Waals surface area (Å²) in [5, 5.41) is 6.12. The molecule has 1 fully saturated rings. The van der Waals surface area contributed by atoms with Gasteiger partial charge in [0.2, 0.25) is 0 Å². The number of carbonyl (C=O) groups excluding carboxylic acids is 1. The minimum absolute atomic E-state index is 0.0815. The molecule has 1 saturated heterocycles. The van der Waals surface area contributed by atoms with Crippen LogP contribution < -0.4 is 10.6 Å². The fourth-order valence-electron chi connectivity index (χ4n) is 5.11. The van der Waals surface area contributed by atoms with E-state index in [0.717, 1.165) is 43.0 Å². The van der Waals surface area contributed by atoms with Gasteiger partial charge >= 0.3 is 6.03 Å². The normalized spacial score (nSPS) is 15.6. The maximum absolute atomic E-state index is 13.2. The van der Waals surface area contributed by atoms with Crippen LogP contribution >= 0.6 is 0 Å². The Bertz CT molecular complexity index is 1370. The second kappa shape index (κ2) is 12.5. The van der Waals surface area contributed by atoms with Gasteiger partial charge < -0.3 is 15.5 Å². The lowest BCUT2D eigenvalue weighted by Gasteiger charge is -2.25. The zero-order valence-corrected chi connectivity index (χ0v) is 22.1. The van der Waals surface area contributed by atoms with Crippen molar-refractivity contribution in [1.29, 1.82) is 0 Å². The van der Waals surface area contributed by atoms with Crippen LogP contribution in [0.4, 0.5) is 14.9 Å². The minimum Gasteiger partial charge on any atom is -0.334 e. The number of anilines is 1. The highest BCUT2D eigenvalue weighted by Gasteiger charge is 2.27. The zero-order chi connectivity index (χ0) is 27.0. The van der Waals surface area contributed by atoms with Crippen molar-refractivity contribution in [3.05, 3.63) is 131 Å². The van der Waals surface area contributed by atoms with E-state index < -0.39 is 0 Å². The Balaban J connectivity index is 1.18. The molecule has 0 unspecified atom stereocenters. The van der Waals surface area contributed by atoms with E-state index in [1.165, 1.54) is 23.3 Å². The van der Waals surface area contributed by atoms with E-state index >= 15 is 0 Å². The number of carbonyl (C=O) groups is 1. The molecule has 1 aromatic heterocycles. The number of amides is 2. The van der Waals surface area contributed by atoms with Crippen molar-refractivity contribution in [3.8, 4) is 0 Å². The van der Waals surface area contributed by atoms with Gasteiger partial charge in [-0.25, -0.2) is 9.18 Å². The molecule has 6 heteroatoms. The van der Waals surface area contributed by atoms with Gasteiger partial charge in [-0.15, -0.1) is 0 Å². The van der Waals surface area contributed by atoms with Gasteiger partial charge in [-0.05, 0) is 60.4 Å². The highest BCUT2D eigenvalue weighted by atomic mass is 19.1. The van der Waals surface area contributed by atoms with Crippen molar-refractivity contribution in [2.75, 3.05) is 25.0 Å². The predicted molar refractivity (Wildman–Crippen MR) is 156 cm³/mol. The van der Waals surface area contributed by atoms with Gasteiger partial charge in [0.15, 0.2) is 0 Å². The number of likely N-dealkylation sites (tertiary alicyclic amines) is 1. The Morgan fingerprint density at radius 2 is 1.64 bits per heavy atom.